The summed E-state index contributed by atoms with van der Waals surface area (Å²) in [7, 11) is -2.71. The Labute approximate surface area is 204 Å². The first-order chi connectivity index (χ1) is 16.9. The molecule has 0 bridgehead atoms. The van der Waals surface area contributed by atoms with Crippen LogP contribution in [0.3, 0.4) is 0 Å². The molecule has 0 aromatic heterocycles. The number of methoxy groups -OCH3 is 1. The van der Waals surface area contributed by atoms with Crippen molar-refractivity contribution in [2.24, 2.45) is 0 Å². The second-order valence-corrected chi connectivity index (χ2v) is 9.94. The molecule has 3 aromatic carbocycles. The van der Waals surface area contributed by atoms with Gasteiger partial charge in [0.25, 0.3) is 0 Å². The highest BCUT2D eigenvalue weighted by Crippen LogP contribution is 2.28. The molecule has 1 saturated heterocycles. The Hall–Kier alpha value is -3.69. The molecule has 3 aromatic rings. The van der Waals surface area contributed by atoms with Gasteiger partial charge in [0.15, 0.2) is 0 Å². The van der Waals surface area contributed by atoms with Gasteiger partial charge in [-0.1, -0.05) is 60.7 Å². The third-order valence-electron chi connectivity index (χ3n) is 5.72. The number of rotatable bonds is 8. The number of hydrogen-bond donors (Lipinski definition) is 1. The summed E-state index contributed by atoms with van der Waals surface area (Å²) < 4.78 is 39.3. The van der Waals surface area contributed by atoms with E-state index in [1.807, 2.05) is 48.5 Å². The van der Waals surface area contributed by atoms with Gasteiger partial charge in [0.05, 0.1) is 18.4 Å². The molecule has 1 unspecified atom stereocenters. The van der Waals surface area contributed by atoms with E-state index in [0.29, 0.717) is 5.75 Å². The third kappa shape index (κ3) is 5.70. The molecule has 0 spiro atoms. The Morgan fingerprint density at radius 3 is 2.14 bits per heavy atom. The van der Waals surface area contributed by atoms with Crippen molar-refractivity contribution in [2.75, 3.05) is 7.11 Å². The third-order valence-corrected chi connectivity index (χ3v) is 7.66. The summed E-state index contributed by atoms with van der Waals surface area (Å²) in [5.74, 6) is -0.705. The van der Waals surface area contributed by atoms with Crippen LogP contribution in [0.4, 0.5) is 0 Å². The Kier molecular flexibility index (Phi) is 7.48. The largest absolute Gasteiger partial charge is 0.497 e. The SMILES string of the molecule is COc1ccc(S(=O)(=O)N2C(Cc3ccccc3)NC(=O)C[C@@H]2C(=O)OCc2ccccc2)cc1. The van der Waals surface area contributed by atoms with E-state index in [-0.39, 0.29) is 24.3 Å². The lowest BCUT2D eigenvalue weighted by molar-refractivity contribution is -0.154. The summed E-state index contributed by atoms with van der Waals surface area (Å²) in [5.41, 5.74) is 1.57. The van der Waals surface area contributed by atoms with Crippen LogP contribution in [0.2, 0.25) is 0 Å². The first-order valence-corrected chi connectivity index (χ1v) is 12.5. The van der Waals surface area contributed by atoms with E-state index in [9.17, 15) is 18.0 Å². The summed E-state index contributed by atoms with van der Waals surface area (Å²) >= 11 is 0. The van der Waals surface area contributed by atoms with Gasteiger partial charge in [-0.25, -0.2) is 8.42 Å². The fourth-order valence-corrected chi connectivity index (χ4v) is 5.67. The van der Waals surface area contributed by atoms with Crippen molar-refractivity contribution in [2.45, 2.75) is 36.6 Å². The molecule has 2 atom stereocenters. The molecule has 1 aliphatic heterocycles. The molecule has 1 N–H and O–H groups in total. The van der Waals surface area contributed by atoms with Crippen molar-refractivity contribution in [3.63, 3.8) is 0 Å². The maximum absolute atomic E-state index is 13.8. The summed E-state index contributed by atoms with van der Waals surface area (Å²) in [6, 6.07) is 22.8. The van der Waals surface area contributed by atoms with Crippen molar-refractivity contribution >= 4 is 21.9 Å². The second-order valence-electron chi connectivity index (χ2n) is 8.10. The zero-order valence-corrected chi connectivity index (χ0v) is 20.0. The molecule has 1 fully saturated rings. The number of carbonyl (C=O) groups is 2. The molecule has 35 heavy (non-hydrogen) atoms. The van der Waals surface area contributed by atoms with Crippen LogP contribution in [0.1, 0.15) is 17.5 Å². The topological polar surface area (TPSA) is 102 Å². The lowest BCUT2D eigenvalue weighted by atomic mass is 10.1. The molecular formula is C26H26N2O6S. The number of sulfonamides is 1. The molecule has 0 saturated carbocycles. The Morgan fingerprint density at radius 2 is 1.54 bits per heavy atom. The highest BCUT2D eigenvalue weighted by atomic mass is 32.2. The first kappa shape index (κ1) is 24.4. The van der Waals surface area contributed by atoms with E-state index in [0.717, 1.165) is 15.4 Å². The summed E-state index contributed by atoms with van der Waals surface area (Å²) in [6.07, 6.45) is -1.13. The average Bonchev–Trinajstić information content (AvgIpc) is 2.88. The number of amides is 1. The van der Waals surface area contributed by atoms with Crippen LogP contribution < -0.4 is 10.1 Å². The number of nitrogens with one attached hydrogen (secondary N) is 1. The molecule has 182 valence electrons. The van der Waals surface area contributed by atoms with E-state index in [2.05, 4.69) is 5.32 Å². The van der Waals surface area contributed by atoms with Crippen molar-refractivity contribution in [1.29, 1.82) is 0 Å². The normalized spacial score (nSPS) is 18.5. The maximum Gasteiger partial charge on any atom is 0.325 e. The van der Waals surface area contributed by atoms with Gasteiger partial charge in [-0.3, -0.25) is 9.59 Å². The molecular weight excluding hydrogens is 468 g/mol. The standard InChI is InChI=1S/C26H26N2O6S/c1-33-21-12-14-22(15-13-21)35(31,32)28-23(26(30)34-18-20-10-6-3-7-11-20)17-25(29)27-24(28)16-19-8-4-2-5-9-19/h2-15,23-24H,16-18H2,1H3,(H,27,29)/t23-,24?/m1/s1. The minimum absolute atomic E-state index is 0.0200. The summed E-state index contributed by atoms with van der Waals surface area (Å²) in [5, 5.41) is 2.75. The number of hydrogen-bond acceptors (Lipinski definition) is 6. The van der Waals surface area contributed by atoms with Crippen LogP contribution in [0.25, 0.3) is 0 Å². The number of benzene rings is 3. The highest BCUT2D eigenvalue weighted by Gasteiger charge is 2.46. The zero-order chi connectivity index (χ0) is 24.8. The zero-order valence-electron chi connectivity index (χ0n) is 19.2. The summed E-state index contributed by atoms with van der Waals surface area (Å²) in [4.78, 5) is 25.7. The quantitative estimate of drug-likeness (QED) is 0.483. The van der Waals surface area contributed by atoms with E-state index in [1.54, 1.807) is 12.1 Å². The minimum atomic E-state index is -4.19. The van der Waals surface area contributed by atoms with Crippen molar-refractivity contribution in [1.82, 2.24) is 9.62 Å². The summed E-state index contributed by atoms with van der Waals surface area (Å²) in [6.45, 7) is -0.0302. The van der Waals surface area contributed by atoms with Crippen LogP contribution in [0, 0.1) is 0 Å². The molecule has 1 heterocycles. The smallest absolute Gasteiger partial charge is 0.325 e. The van der Waals surface area contributed by atoms with Gasteiger partial charge in [-0.15, -0.1) is 0 Å². The van der Waals surface area contributed by atoms with Crippen LogP contribution >= 0.6 is 0 Å². The van der Waals surface area contributed by atoms with Gasteiger partial charge in [0.1, 0.15) is 24.6 Å². The average molecular weight is 495 g/mol. The molecule has 0 radical (unpaired) electrons. The minimum Gasteiger partial charge on any atom is -0.497 e. The van der Waals surface area contributed by atoms with Crippen LogP contribution in [-0.4, -0.2) is 43.9 Å². The van der Waals surface area contributed by atoms with Gasteiger partial charge in [0, 0.05) is 6.42 Å². The number of ether oxygens (including phenoxy) is 2. The molecule has 1 aliphatic rings. The molecule has 8 nitrogen and oxygen atoms in total. The van der Waals surface area contributed by atoms with Gasteiger partial charge in [-0.05, 0) is 35.4 Å². The van der Waals surface area contributed by atoms with E-state index >= 15 is 0 Å². The van der Waals surface area contributed by atoms with Crippen molar-refractivity contribution in [3.8, 4) is 5.75 Å². The van der Waals surface area contributed by atoms with Crippen LogP contribution in [-0.2, 0) is 37.4 Å². The van der Waals surface area contributed by atoms with Gasteiger partial charge in [0.2, 0.25) is 15.9 Å². The van der Waals surface area contributed by atoms with Gasteiger partial charge in [-0.2, -0.15) is 4.31 Å². The lowest BCUT2D eigenvalue weighted by Gasteiger charge is -2.39. The Morgan fingerprint density at radius 1 is 0.943 bits per heavy atom. The van der Waals surface area contributed by atoms with Crippen LogP contribution in [0.5, 0.6) is 5.75 Å². The van der Waals surface area contributed by atoms with E-state index < -0.39 is 34.1 Å². The van der Waals surface area contributed by atoms with E-state index in [4.69, 9.17) is 9.47 Å². The number of carbonyl (C=O) groups excluding carboxylic acids is 2. The number of nitrogens with zero attached hydrogens (tertiary/aromatic N) is 1. The molecule has 4 rings (SSSR count). The Bertz CT molecular complexity index is 1260. The maximum atomic E-state index is 13.8. The highest BCUT2D eigenvalue weighted by molar-refractivity contribution is 7.89. The van der Waals surface area contributed by atoms with Gasteiger partial charge < -0.3 is 14.8 Å². The lowest BCUT2D eigenvalue weighted by Crippen LogP contribution is -2.63. The van der Waals surface area contributed by atoms with Gasteiger partial charge >= 0.3 is 5.97 Å². The molecule has 1 amide bonds. The second kappa shape index (κ2) is 10.7. The van der Waals surface area contributed by atoms with E-state index in [1.165, 1.54) is 31.4 Å². The Balaban J connectivity index is 1.68. The molecule has 9 heteroatoms. The fourth-order valence-electron chi connectivity index (χ4n) is 3.99. The first-order valence-electron chi connectivity index (χ1n) is 11.1. The molecule has 0 aliphatic carbocycles. The van der Waals surface area contributed by atoms with Crippen molar-refractivity contribution < 1.29 is 27.5 Å². The fraction of sp³-hybridized carbons (Fsp3) is 0.231. The predicted octanol–water partition coefficient (Wildman–Crippen LogP) is 2.89. The monoisotopic (exact) mass is 494 g/mol. The number of esters is 1. The predicted molar refractivity (Wildman–Crippen MR) is 129 cm³/mol. The van der Waals surface area contributed by atoms with Crippen LogP contribution in [0.15, 0.2) is 89.8 Å². The van der Waals surface area contributed by atoms with Crippen molar-refractivity contribution in [3.05, 3.63) is 96.1 Å².